The molecule has 0 amide bonds. The third-order valence-corrected chi connectivity index (χ3v) is 2.96. The van der Waals surface area contributed by atoms with Crippen molar-refractivity contribution in [3.63, 3.8) is 0 Å². The second kappa shape index (κ2) is 4.27. The highest BCUT2D eigenvalue weighted by Crippen LogP contribution is 2.14. The van der Waals surface area contributed by atoms with Crippen molar-refractivity contribution in [1.82, 2.24) is 4.98 Å². The molecule has 2 aromatic rings. The summed E-state index contributed by atoms with van der Waals surface area (Å²) in [4.78, 5) is 15.6. The van der Waals surface area contributed by atoms with Crippen LogP contribution in [0.1, 0.15) is 21.1 Å². The smallest absolute Gasteiger partial charge is 0.358 e. The molecule has 0 aromatic carbocycles. The van der Waals surface area contributed by atoms with Crippen LogP contribution >= 0.6 is 11.3 Å². The Morgan fingerprint density at radius 1 is 1.53 bits per heavy atom. The van der Waals surface area contributed by atoms with Crippen molar-refractivity contribution in [2.75, 3.05) is 0 Å². The summed E-state index contributed by atoms with van der Waals surface area (Å²) in [6, 6.07) is 3.99. The van der Waals surface area contributed by atoms with Crippen molar-refractivity contribution in [2.45, 2.75) is 12.8 Å². The normalized spacial score (nSPS) is 10.4. The summed E-state index contributed by atoms with van der Waals surface area (Å²) in [5.74, 6) is -0.596. The van der Waals surface area contributed by atoms with Crippen LogP contribution in [-0.4, -0.2) is 16.1 Å². The molecule has 2 aromatic heterocycles. The third-order valence-electron chi connectivity index (χ3n) is 2.02. The molecule has 4 nitrogen and oxygen atoms in total. The highest BCUT2D eigenvalue weighted by molar-refractivity contribution is 7.09. The maximum Gasteiger partial charge on any atom is 0.358 e. The average Bonchev–Trinajstić information content (AvgIpc) is 2.86. The molecule has 0 fully saturated rings. The predicted molar refractivity (Wildman–Crippen MR) is 55.2 cm³/mol. The Morgan fingerprint density at radius 3 is 3.07 bits per heavy atom. The summed E-state index contributed by atoms with van der Waals surface area (Å²) in [7, 11) is 0. The van der Waals surface area contributed by atoms with E-state index in [2.05, 4.69) is 4.98 Å². The molecule has 78 valence electrons. The molecule has 0 aliphatic heterocycles. The van der Waals surface area contributed by atoms with E-state index >= 15 is 0 Å². The van der Waals surface area contributed by atoms with Crippen molar-refractivity contribution in [1.29, 1.82) is 0 Å². The summed E-state index contributed by atoms with van der Waals surface area (Å²) in [6.45, 7) is 0. The van der Waals surface area contributed by atoms with Gasteiger partial charge in [0.25, 0.3) is 0 Å². The van der Waals surface area contributed by atoms with Gasteiger partial charge in [0.2, 0.25) is 0 Å². The first-order valence-corrected chi connectivity index (χ1v) is 5.33. The Kier molecular flexibility index (Phi) is 2.82. The molecule has 0 saturated carbocycles. The SMILES string of the molecule is O=C(O)c1ncoc1CCc1cccs1. The molecule has 0 bridgehead atoms. The Morgan fingerprint density at radius 2 is 2.40 bits per heavy atom. The van der Waals surface area contributed by atoms with Crippen molar-refractivity contribution in [3.8, 4) is 0 Å². The zero-order valence-corrected chi connectivity index (χ0v) is 8.66. The first-order valence-electron chi connectivity index (χ1n) is 4.45. The number of thiophene rings is 1. The number of aromatic nitrogens is 1. The van der Waals surface area contributed by atoms with Gasteiger partial charge in [-0.15, -0.1) is 11.3 Å². The first kappa shape index (κ1) is 9.92. The van der Waals surface area contributed by atoms with E-state index in [9.17, 15) is 4.79 Å². The predicted octanol–water partition coefficient (Wildman–Crippen LogP) is 2.22. The molecule has 1 N–H and O–H groups in total. The van der Waals surface area contributed by atoms with Gasteiger partial charge in [0, 0.05) is 11.3 Å². The van der Waals surface area contributed by atoms with Gasteiger partial charge in [0.05, 0.1) is 0 Å². The van der Waals surface area contributed by atoms with E-state index < -0.39 is 5.97 Å². The second-order valence-corrected chi connectivity index (χ2v) is 4.04. The quantitative estimate of drug-likeness (QED) is 0.863. The van der Waals surface area contributed by atoms with Crippen molar-refractivity contribution >= 4 is 17.3 Å². The van der Waals surface area contributed by atoms with Gasteiger partial charge in [-0.1, -0.05) is 6.07 Å². The van der Waals surface area contributed by atoms with Crippen molar-refractivity contribution < 1.29 is 14.3 Å². The minimum absolute atomic E-state index is 0.0200. The lowest BCUT2D eigenvalue weighted by Crippen LogP contribution is -2.01. The van der Waals surface area contributed by atoms with Crippen LogP contribution in [0.25, 0.3) is 0 Å². The molecule has 0 saturated heterocycles. The largest absolute Gasteiger partial charge is 0.476 e. The van der Waals surface area contributed by atoms with Gasteiger partial charge < -0.3 is 9.52 Å². The first-order chi connectivity index (χ1) is 7.27. The van der Waals surface area contributed by atoms with Crippen LogP contribution in [0, 0.1) is 0 Å². The van der Waals surface area contributed by atoms with Gasteiger partial charge in [0.15, 0.2) is 12.1 Å². The van der Waals surface area contributed by atoms with Crippen LogP contribution in [0.3, 0.4) is 0 Å². The summed E-state index contributed by atoms with van der Waals surface area (Å²) >= 11 is 1.65. The minimum atomic E-state index is -1.04. The van der Waals surface area contributed by atoms with Gasteiger partial charge in [0.1, 0.15) is 5.76 Å². The summed E-state index contributed by atoms with van der Waals surface area (Å²) < 4.78 is 5.04. The fourth-order valence-corrected chi connectivity index (χ4v) is 2.02. The van der Waals surface area contributed by atoms with Crippen LogP contribution in [-0.2, 0) is 12.8 Å². The fraction of sp³-hybridized carbons (Fsp3) is 0.200. The van der Waals surface area contributed by atoms with E-state index in [1.807, 2.05) is 17.5 Å². The molecule has 0 atom stereocenters. The van der Waals surface area contributed by atoms with E-state index in [1.54, 1.807) is 11.3 Å². The van der Waals surface area contributed by atoms with Gasteiger partial charge in [-0.2, -0.15) is 0 Å². The van der Waals surface area contributed by atoms with E-state index in [0.29, 0.717) is 12.2 Å². The van der Waals surface area contributed by atoms with Gasteiger partial charge in [-0.25, -0.2) is 9.78 Å². The van der Waals surface area contributed by atoms with Crippen LogP contribution < -0.4 is 0 Å². The number of rotatable bonds is 4. The van der Waals surface area contributed by atoms with E-state index in [0.717, 1.165) is 6.42 Å². The standard InChI is InChI=1S/C10H9NO3S/c12-10(13)9-8(14-6-11-9)4-3-7-2-1-5-15-7/h1-2,5-6H,3-4H2,(H,12,13). The zero-order valence-electron chi connectivity index (χ0n) is 7.84. The molecule has 0 aliphatic carbocycles. The Bertz CT molecular complexity index is 447. The average molecular weight is 223 g/mol. The molecule has 0 spiro atoms. The van der Waals surface area contributed by atoms with E-state index in [1.165, 1.54) is 11.3 Å². The number of carboxylic acids is 1. The van der Waals surface area contributed by atoms with Gasteiger partial charge >= 0.3 is 5.97 Å². The van der Waals surface area contributed by atoms with E-state index in [-0.39, 0.29) is 5.69 Å². The molecular formula is C10H9NO3S. The number of carbonyl (C=O) groups is 1. The highest BCUT2D eigenvalue weighted by atomic mass is 32.1. The highest BCUT2D eigenvalue weighted by Gasteiger charge is 2.14. The van der Waals surface area contributed by atoms with Crippen LogP contribution in [0.15, 0.2) is 28.3 Å². The molecule has 0 aliphatic rings. The summed E-state index contributed by atoms with van der Waals surface area (Å²) in [6.07, 6.45) is 2.53. The van der Waals surface area contributed by atoms with Crippen LogP contribution in [0.2, 0.25) is 0 Å². The molecule has 5 heteroatoms. The van der Waals surface area contributed by atoms with Crippen LogP contribution in [0.5, 0.6) is 0 Å². The maximum absolute atomic E-state index is 10.7. The number of aryl methyl sites for hydroxylation is 2. The van der Waals surface area contributed by atoms with E-state index in [4.69, 9.17) is 9.52 Å². The number of aromatic carboxylic acids is 1. The van der Waals surface area contributed by atoms with Crippen molar-refractivity contribution in [2.24, 2.45) is 0 Å². The Labute approximate surface area is 90.2 Å². The van der Waals surface area contributed by atoms with Gasteiger partial charge in [-0.05, 0) is 17.9 Å². The Balaban J connectivity index is 2.05. The number of nitrogens with zero attached hydrogens (tertiary/aromatic N) is 1. The number of oxazole rings is 1. The molecule has 15 heavy (non-hydrogen) atoms. The molecule has 2 rings (SSSR count). The number of hydrogen-bond acceptors (Lipinski definition) is 4. The minimum Gasteiger partial charge on any atom is -0.476 e. The Hall–Kier alpha value is -1.62. The summed E-state index contributed by atoms with van der Waals surface area (Å²) in [5.41, 5.74) is 0.0200. The second-order valence-electron chi connectivity index (χ2n) is 3.01. The monoisotopic (exact) mass is 223 g/mol. The molecular weight excluding hydrogens is 214 g/mol. The number of hydrogen-bond donors (Lipinski definition) is 1. The molecule has 0 unspecified atom stereocenters. The van der Waals surface area contributed by atoms with Crippen LogP contribution in [0.4, 0.5) is 0 Å². The topological polar surface area (TPSA) is 63.3 Å². The lowest BCUT2D eigenvalue weighted by Gasteiger charge is -1.95. The lowest BCUT2D eigenvalue weighted by atomic mass is 10.2. The third kappa shape index (κ3) is 2.24. The molecule has 0 radical (unpaired) electrons. The number of carboxylic acid groups (broad SMARTS) is 1. The summed E-state index contributed by atoms with van der Waals surface area (Å²) in [5, 5.41) is 10.8. The maximum atomic E-state index is 10.7. The van der Waals surface area contributed by atoms with Gasteiger partial charge in [-0.3, -0.25) is 0 Å². The lowest BCUT2D eigenvalue weighted by molar-refractivity contribution is 0.0689. The fourth-order valence-electron chi connectivity index (χ4n) is 1.31. The zero-order chi connectivity index (χ0) is 10.7. The van der Waals surface area contributed by atoms with Crippen molar-refractivity contribution in [3.05, 3.63) is 40.2 Å². The molecule has 2 heterocycles.